The summed E-state index contributed by atoms with van der Waals surface area (Å²) in [7, 11) is 0. The van der Waals surface area contributed by atoms with E-state index in [-0.39, 0.29) is 6.61 Å². The zero-order valence-electron chi connectivity index (χ0n) is 10.2. The van der Waals surface area contributed by atoms with Crippen molar-refractivity contribution in [2.24, 2.45) is 0 Å². The third-order valence-electron chi connectivity index (χ3n) is 2.95. The van der Waals surface area contributed by atoms with E-state index in [1.807, 2.05) is 24.3 Å². The van der Waals surface area contributed by atoms with Crippen LogP contribution < -0.4 is 9.64 Å². The Morgan fingerprint density at radius 2 is 2.26 bits per heavy atom. The number of hydrogen-bond acceptors (Lipinski definition) is 5. The molecule has 0 atom stereocenters. The molecule has 0 amide bonds. The van der Waals surface area contributed by atoms with E-state index in [1.165, 1.54) is 11.3 Å². The molecule has 1 N–H and O–H groups in total. The molecule has 0 radical (unpaired) electrons. The van der Waals surface area contributed by atoms with Crippen molar-refractivity contribution in [1.29, 1.82) is 0 Å². The van der Waals surface area contributed by atoms with Gasteiger partial charge in [0.1, 0.15) is 10.9 Å². The highest BCUT2D eigenvalue weighted by Gasteiger charge is 2.21. The van der Waals surface area contributed by atoms with Crippen molar-refractivity contribution in [2.45, 2.75) is 13.0 Å². The van der Waals surface area contributed by atoms with Crippen LogP contribution in [-0.4, -0.2) is 23.2 Å². The molecule has 0 spiro atoms. The van der Waals surface area contributed by atoms with Crippen LogP contribution in [0.4, 0.5) is 10.8 Å². The number of aromatic nitrogens is 1. The molecule has 1 aromatic heterocycles. The van der Waals surface area contributed by atoms with Crippen LogP contribution in [0.25, 0.3) is 0 Å². The molecule has 19 heavy (non-hydrogen) atoms. The summed E-state index contributed by atoms with van der Waals surface area (Å²) in [6.07, 6.45) is 0.917. The molecule has 3 rings (SSSR count). The highest BCUT2D eigenvalue weighted by molar-refractivity contribution is 7.16. The smallest absolute Gasteiger partial charge is 0.191 e. The average molecular weight is 297 g/mol. The Hall–Kier alpha value is -1.30. The molecule has 1 aliphatic rings. The zero-order valence-corrected chi connectivity index (χ0v) is 11.7. The number of benzene rings is 1. The van der Waals surface area contributed by atoms with E-state index in [4.69, 9.17) is 16.3 Å². The van der Waals surface area contributed by atoms with Gasteiger partial charge in [0.15, 0.2) is 5.13 Å². The van der Waals surface area contributed by atoms with Gasteiger partial charge in [-0.05, 0) is 18.6 Å². The first-order chi connectivity index (χ1) is 9.29. The van der Waals surface area contributed by atoms with Gasteiger partial charge in [-0.1, -0.05) is 35.1 Å². The number of hydrogen-bond donors (Lipinski definition) is 1. The molecule has 0 saturated carbocycles. The molecule has 0 saturated heterocycles. The van der Waals surface area contributed by atoms with E-state index in [0.29, 0.717) is 16.6 Å². The minimum atomic E-state index is -0.0809. The highest BCUT2D eigenvalue weighted by atomic mass is 35.5. The lowest BCUT2D eigenvalue weighted by Gasteiger charge is -2.20. The first kappa shape index (κ1) is 12.7. The summed E-state index contributed by atoms with van der Waals surface area (Å²) in [6.45, 7) is 1.44. The van der Waals surface area contributed by atoms with Crippen LogP contribution in [0.2, 0.25) is 5.15 Å². The second kappa shape index (κ2) is 5.36. The minimum absolute atomic E-state index is 0.0809. The maximum Gasteiger partial charge on any atom is 0.191 e. The Morgan fingerprint density at radius 3 is 3.05 bits per heavy atom. The maximum atomic E-state index is 9.22. The number of fused-ring (bicyclic) bond motifs is 1. The molecule has 2 heterocycles. The molecule has 1 aliphatic heterocycles. The van der Waals surface area contributed by atoms with E-state index in [9.17, 15) is 5.11 Å². The molecular formula is C13H13ClN2O2S. The van der Waals surface area contributed by atoms with E-state index >= 15 is 0 Å². The summed E-state index contributed by atoms with van der Waals surface area (Å²) < 4.78 is 5.72. The fourth-order valence-electron chi connectivity index (χ4n) is 2.06. The molecule has 0 fully saturated rings. The summed E-state index contributed by atoms with van der Waals surface area (Å²) in [4.78, 5) is 7.13. The summed E-state index contributed by atoms with van der Waals surface area (Å²) in [6, 6.07) is 7.89. The number of aliphatic hydroxyl groups excluding tert-OH is 1. The van der Waals surface area contributed by atoms with Crippen LogP contribution >= 0.6 is 22.9 Å². The van der Waals surface area contributed by atoms with Gasteiger partial charge in [-0.3, -0.25) is 0 Å². The molecule has 0 bridgehead atoms. The summed E-state index contributed by atoms with van der Waals surface area (Å²) in [5.41, 5.74) is 0.995. The molecule has 0 unspecified atom stereocenters. The lowest BCUT2D eigenvalue weighted by atomic mass is 10.2. The quantitative estimate of drug-likeness (QED) is 0.924. The largest absolute Gasteiger partial charge is 0.491 e. The zero-order chi connectivity index (χ0) is 13.2. The lowest BCUT2D eigenvalue weighted by molar-refractivity contribution is 0.285. The van der Waals surface area contributed by atoms with Crippen LogP contribution in [0.3, 0.4) is 0 Å². The maximum absolute atomic E-state index is 9.22. The Labute approximate surface area is 120 Å². The van der Waals surface area contributed by atoms with Crippen molar-refractivity contribution in [3.63, 3.8) is 0 Å². The van der Waals surface area contributed by atoms with Crippen LogP contribution in [0, 0.1) is 0 Å². The monoisotopic (exact) mass is 296 g/mol. The number of thiazole rings is 1. The minimum Gasteiger partial charge on any atom is -0.491 e. The van der Waals surface area contributed by atoms with E-state index < -0.39 is 0 Å². The number of aliphatic hydroxyl groups is 1. The van der Waals surface area contributed by atoms with Crippen LogP contribution in [-0.2, 0) is 6.61 Å². The van der Waals surface area contributed by atoms with Gasteiger partial charge in [-0.15, -0.1) is 0 Å². The highest BCUT2D eigenvalue weighted by Crippen LogP contribution is 2.39. The molecule has 6 heteroatoms. The SMILES string of the molecule is OCc1sc(N2CCCOc3ccccc32)nc1Cl. The van der Waals surface area contributed by atoms with Gasteiger partial charge in [0.25, 0.3) is 0 Å². The first-order valence-electron chi connectivity index (χ1n) is 6.05. The van der Waals surface area contributed by atoms with Crippen molar-refractivity contribution in [3.05, 3.63) is 34.3 Å². The van der Waals surface area contributed by atoms with E-state index in [0.717, 1.165) is 29.5 Å². The van der Waals surface area contributed by atoms with Crippen LogP contribution in [0.5, 0.6) is 5.75 Å². The van der Waals surface area contributed by atoms with Crippen molar-refractivity contribution >= 4 is 33.8 Å². The van der Waals surface area contributed by atoms with Gasteiger partial charge >= 0.3 is 0 Å². The first-order valence-corrected chi connectivity index (χ1v) is 7.24. The van der Waals surface area contributed by atoms with Crippen molar-refractivity contribution < 1.29 is 9.84 Å². The predicted octanol–water partition coefficient (Wildman–Crippen LogP) is 3.21. The Morgan fingerprint density at radius 1 is 1.42 bits per heavy atom. The summed E-state index contributed by atoms with van der Waals surface area (Å²) in [5.74, 6) is 0.858. The summed E-state index contributed by atoms with van der Waals surface area (Å²) in [5, 5.41) is 10.4. The average Bonchev–Trinajstić information content (AvgIpc) is 2.68. The molecule has 2 aromatic rings. The molecular weight excluding hydrogens is 284 g/mol. The second-order valence-electron chi connectivity index (χ2n) is 4.19. The molecule has 4 nitrogen and oxygen atoms in total. The summed E-state index contributed by atoms with van der Waals surface area (Å²) >= 11 is 7.43. The Balaban J connectivity index is 2.03. The Kier molecular flexibility index (Phi) is 3.59. The molecule has 0 aliphatic carbocycles. The predicted molar refractivity (Wildman–Crippen MR) is 76.6 cm³/mol. The van der Waals surface area contributed by atoms with Gasteiger partial charge in [-0.2, -0.15) is 0 Å². The standard InChI is InChI=1S/C13H13ClN2O2S/c14-12-11(8-17)19-13(15-12)16-6-3-7-18-10-5-2-1-4-9(10)16/h1-2,4-5,17H,3,6-8H2. The molecule has 1 aromatic carbocycles. The second-order valence-corrected chi connectivity index (χ2v) is 5.61. The van der Waals surface area contributed by atoms with Gasteiger partial charge in [0.2, 0.25) is 0 Å². The normalized spacial score (nSPS) is 14.7. The lowest BCUT2D eigenvalue weighted by Crippen LogP contribution is -2.17. The van der Waals surface area contributed by atoms with Gasteiger partial charge in [0, 0.05) is 6.54 Å². The fourth-order valence-corrected chi connectivity index (χ4v) is 3.22. The number of ether oxygens (including phenoxy) is 1. The molecule has 100 valence electrons. The topological polar surface area (TPSA) is 45.6 Å². The third-order valence-corrected chi connectivity index (χ3v) is 4.44. The van der Waals surface area contributed by atoms with Crippen molar-refractivity contribution in [1.82, 2.24) is 4.98 Å². The Bertz CT molecular complexity index is 588. The van der Waals surface area contributed by atoms with Crippen LogP contribution in [0.1, 0.15) is 11.3 Å². The van der Waals surface area contributed by atoms with Crippen molar-refractivity contribution in [3.8, 4) is 5.75 Å². The fraction of sp³-hybridized carbons (Fsp3) is 0.308. The van der Waals surface area contributed by atoms with Crippen LogP contribution in [0.15, 0.2) is 24.3 Å². The van der Waals surface area contributed by atoms with E-state index in [2.05, 4.69) is 9.88 Å². The van der Waals surface area contributed by atoms with Gasteiger partial charge in [-0.25, -0.2) is 4.98 Å². The number of anilines is 2. The van der Waals surface area contributed by atoms with Gasteiger partial charge < -0.3 is 14.7 Å². The number of halogens is 1. The number of rotatable bonds is 2. The van der Waals surface area contributed by atoms with Gasteiger partial charge in [0.05, 0.1) is 23.8 Å². The van der Waals surface area contributed by atoms with Crippen molar-refractivity contribution in [2.75, 3.05) is 18.1 Å². The van der Waals surface area contributed by atoms with E-state index in [1.54, 1.807) is 0 Å². The number of para-hydroxylation sites is 2. The number of nitrogens with zero attached hydrogens (tertiary/aromatic N) is 2. The third kappa shape index (κ3) is 2.41.